The normalized spacial score (nSPS) is 7.00. The van der Waals surface area contributed by atoms with Gasteiger partial charge in [-0.2, -0.15) is 0 Å². The van der Waals surface area contributed by atoms with E-state index in [1.165, 1.54) is 0 Å². The van der Waals surface area contributed by atoms with Crippen molar-refractivity contribution in [1.82, 2.24) is 0 Å². The molecule has 0 aliphatic carbocycles. The third-order valence-electron chi connectivity index (χ3n) is 0. The van der Waals surface area contributed by atoms with Gasteiger partial charge >= 0.3 is 75.9 Å². The third kappa shape index (κ3) is 53.9. The third-order valence-corrected chi connectivity index (χ3v) is 0. The fraction of sp³-hybridized carbons (Fsp3) is 0. The molecule has 0 heterocycles. The van der Waals surface area contributed by atoms with Crippen molar-refractivity contribution in [3.63, 3.8) is 0 Å². The molecule has 0 N–H and O–H groups in total. The molecule has 0 amide bonds. The Kier molecular flexibility index (Phi) is 20.3. The molecule has 0 nitrogen and oxygen atoms in total. The molecule has 0 saturated carbocycles. The molecule has 0 aromatic heterocycles. The van der Waals surface area contributed by atoms with E-state index in [0.29, 0.717) is 0 Å². The number of rotatable bonds is 0. The minimum absolute atomic E-state index is 0.194. The van der Waals surface area contributed by atoms with Gasteiger partial charge in [0.15, 0.2) is 0 Å². The second kappa shape index (κ2) is 11.5. The Bertz CT molecular complexity index is 19.3. The molecule has 0 fully saturated rings. The zero-order valence-electron chi connectivity index (χ0n) is 2.74. The van der Waals surface area contributed by atoms with E-state index < -0.39 is 14.7 Å². The minimum atomic E-state index is -1.92. The van der Waals surface area contributed by atoms with Gasteiger partial charge in [-0.15, -0.1) is 0 Å². The Morgan fingerprint density at radius 3 is 1.00 bits per heavy atom. The Balaban J connectivity index is 0. The summed E-state index contributed by atoms with van der Waals surface area (Å²) < 4.78 is 0. The van der Waals surface area contributed by atoms with E-state index in [1.807, 2.05) is 0 Å². The van der Waals surface area contributed by atoms with Gasteiger partial charge in [-0.1, -0.05) is 0 Å². The quantitative estimate of drug-likeness (QED) is 0.597. The molecule has 0 atom stereocenters. The van der Waals surface area contributed by atoms with E-state index >= 15 is 0 Å². The van der Waals surface area contributed by atoms with Gasteiger partial charge < -0.3 is 0 Å². The first-order valence-electron chi connectivity index (χ1n) is 0.834. The number of halogens is 5. The molecule has 0 saturated heterocycles. The zero-order valence-corrected chi connectivity index (χ0v) is 9.19. The van der Waals surface area contributed by atoms with Gasteiger partial charge in [-0.25, -0.2) is 0 Å². The zero-order chi connectivity index (χ0) is 6.28. The van der Waals surface area contributed by atoms with Crippen molar-refractivity contribution >= 4 is 48.1 Å². The van der Waals surface area contributed by atoms with Crippen LogP contribution in [0.3, 0.4) is 0 Å². The average Bonchev–Trinajstić information content (AvgIpc) is 1.33. The summed E-state index contributed by atoms with van der Waals surface area (Å²) in [4.78, 5) is 0. The summed E-state index contributed by atoms with van der Waals surface area (Å²) in [6.45, 7) is 0. The first-order chi connectivity index (χ1) is 3.15. The van der Waals surface area contributed by atoms with E-state index in [0.717, 1.165) is 0 Å². The summed E-state index contributed by atoms with van der Waals surface area (Å²) in [5.41, 5.74) is 0. The van der Waals surface area contributed by atoms with Gasteiger partial charge in [0.1, 0.15) is 0 Å². The molecular weight excluding hydrogens is 281 g/mol. The van der Waals surface area contributed by atoms with E-state index in [4.69, 9.17) is 48.1 Å². The Morgan fingerprint density at radius 2 is 1.00 bits per heavy atom. The van der Waals surface area contributed by atoms with Crippen LogP contribution in [0.2, 0.25) is 0 Å². The van der Waals surface area contributed by atoms with Crippen molar-refractivity contribution in [2.75, 3.05) is 0 Å². The Labute approximate surface area is 74.8 Å². The van der Waals surface area contributed by atoms with Crippen molar-refractivity contribution in [2.45, 2.75) is 0 Å². The van der Waals surface area contributed by atoms with E-state index in [9.17, 15) is 0 Å². The molecule has 47 valence electrons. The topological polar surface area (TPSA) is 0 Å². The van der Waals surface area contributed by atoms with E-state index in [-0.39, 0.29) is 13.1 Å². The summed E-state index contributed by atoms with van der Waals surface area (Å²) in [6.07, 6.45) is 0. The second-order valence-corrected chi connectivity index (χ2v) is 9.83. The maximum atomic E-state index is 4.97. The van der Waals surface area contributed by atoms with Crippen molar-refractivity contribution < 1.29 is 27.8 Å². The van der Waals surface area contributed by atoms with Crippen LogP contribution in [0.15, 0.2) is 0 Å². The van der Waals surface area contributed by atoms with Crippen LogP contribution < -0.4 is 0 Å². The van der Waals surface area contributed by atoms with Crippen molar-refractivity contribution in [1.29, 1.82) is 0 Å². The molecule has 0 aliphatic rings. The fourth-order valence-corrected chi connectivity index (χ4v) is 0. The van der Waals surface area contributed by atoms with Crippen LogP contribution in [0.5, 0.6) is 0 Å². The van der Waals surface area contributed by atoms with Crippen LogP contribution >= 0.6 is 48.1 Å². The Hall–Kier alpha value is 2.68. The molecular formula is Cl5FeTi. The molecule has 7 heavy (non-hydrogen) atoms. The SMILES string of the molecule is [Cl][Fe][Cl].[Cl][Ti]([Cl])[Cl]. The molecule has 0 aromatic carbocycles. The van der Waals surface area contributed by atoms with Crippen LogP contribution in [-0.2, 0) is 27.8 Å². The predicted octanol–water partition coefficient (Wildman–Crippen LogP) is 3.44. The fourth-order valence-electron chi connectivity index (χ4n) is 0. The molecule has 0 aromatic rings. The summed E-state index contributed by atoms with van der Waals surface area (Å²) in [5, 5.41) is 0. The van der Waals surface area contributed by atoms with Gasteiger partial charge in [0.25, 0.3) is 0 Å². The van der Waals surface area contributed by atoms with E-state index in [2.05, 4.69) is 0 Å². The predicted molar refractivity (Wildman–Crippen MR) is 29.3 cm³/mol. The molecule has 0 rings (SSSR count). The number of hydrogen-bond donors (Lipinski definition) is 0. The van der Waals surface area contributed by atoms with Gasteiger partial charge in [0, 0.05) is 0 Å². The molecule has 0 bridgehead atoms. The molecule has 7 heteroatoms. The summed E-state index contributed by atoms with van der Waals surface area (Å²) in [5.74, 6) is 0. The summed E-state index contributed by atoms with van der Waals surface area (Å²) in [7, 11) is 24.4. The molecule has 0 aliphatic heterocycles. The van der Waals surface area contributed by atoms with Crippen LogP contribution in [0.1, 0.15) is 0 Å². The van der Waals surface area contributed by atoms with Gasteiger partial charge in [-0.3, -0.25) is 0 Å². The van der Waals surface area contributed by atoms with Crippen LogP contribution in [-0.4, -0.2) is 0 Å². The monoisotopic (exact) mass is 279 g/mol. The van der Waals surface area contributed by atoms with Gasteiger partial charge in [-0.05, 0) is 0 Å². The van der Waals surface area contributed by atoms with Crippen LogP contribution in [0.25, 0.3) is 0 Å². The van der Waals surface area contributed by atoms with Crippen LogP contribution in [0.4, 0.5) is 0 Å². The van der Waals surface area contributed by atoms with Crippen LogP contribution in [0, 0.1) is 0 Å². The first-order valence-corrected chi connectivity index (χ1v) is 10.3. The van der Waals surface area contributed by atoms with E-state index in [1.54, 1.807) is 0 Å². The standard InChI is InChI=1S/5ClH.Fe.Ti/h5*1H;;/q;;;;;+2;+3/p-5. The van der Waals surface area contributed by atoms with Crippen molar-refractivity contribution in [2.24, 2.45) is 0 Å². The second-order valence-electron chi connectivity index (χ2n) is 0.265. The van der Waals surface area contributed by atoms with Crippen molar-refractivity contribution in [3.8, 4) is 0 Å². The summed E-state index contributed by atoms with van der Waals surface area (Å²) in [6, 6.07) is 0. The Morgan fingerprint density at radius 1 is 1.00 bits per heavy atom. The average molecular weight is 281 g/mol. The number of hydrogen-bond acceptors (Lipinski definition) is 0. The van der Waals surface area contributed by atoms with Gasteiger partial charge in [0.2, 0.25) is 0 Å². The van der Waals surface area contributed by atoms with Crippen molar-refractivity contribution in [3.05, 3.63) is 0 Å². The first kappa shape index (κ1) is 12.4. The molecule has 0 radical (unpaired) electrons. The molecule has 0 unspecified atom stereocenters. The molecule has 0 spiro atoms. The van der Waals surface area contributed by atoms with Gasteiger partial charge in [0.05, 0.1) is 0 Å². The summed E-state index contributed by atoms with van der Waals surface area (Å²) >= 11 is -1.72. The maximum absolute atomic E-state index is 4.97.